The molecule has 4 fully saturated rings. The highest BCUT2D eigenvalue weighted by molar-refractivity contribution is 5.79. The van der Waals surface area contributed by atoms with Gasteiger partial charge in [-0.1, -0.05) is 26.7 Å². The predicted octanol–water partition coefficient (Wildman–Crippen LogP) is 4.60. The van der Waals surface area contributed by atoms with Gasteiger partial charge < -0.3 is 5.11 Å². The van der Waals surface area contributed by atoms with Crippen LogP contribution in [0.5, 0.6) is 0 Å². The molecule has 0 amide bonds. The molecule has 138 valence electrons. The number of hydrogen-bond donors (Lipinski definition) is 1. The third kappa shape index (κ3) is 2.24. The van der Waals surface area contributed by atoms with Crippen LogP contribution in [0.25, 0.3) is 0 Å². The van der Waals surface area contributed by atoms with Gasteiger partial charge in [-0.25, -0.2) is 0 Å². The molecule has 0 heterocycles. The normalized spacial score (nSPS) is 54.8. The molecule has 0 bridgehead atoms. The average molecular weight is 343 g/mol. The van der Waals surface area contributed by atoms with Crippen molar-refractivity contribution in [2.24, 2.45) is 40.4 Å². The van der Waals surface area contributed by atoms with Gasteiger partial charge >= 0.3 is 0 Å². The van der Waals surface area contributed by atoms with E-state index < -0.39 is 5.60 Å². The summed E-state index contributed by atoms with van der Waals surface area (Å²) in [5.74, 6) is 9.93. The topological polar surface area (TPSA) is 37.3 Å². The number of fused-ring (bicyclic) bond motifs is 5. The van der Waals surface area contributed by atoms with Crippen LogP contribution >= 0.6 is 0 Å². The molecular weight excluding hydrogens is 308 g/mol. The maximum Gasteiger partial charge on any atom is 0.133 e. The van der Waals surface area contributed by atoms with Gasteiger partial charge in [0.15, 0.2) is 0 Å². The van der Waals surface area contributed by atoms with Gasteiger partial charge in [0.25, 0.3) is 0 Å². The Morgan fingerprint density at radius 2 is 1.80 bits per heavy atom. The molecule has 2 heteroatoms. The molecule has 25 heavy (non-hydrogen) atoms. The first-order valence-electron chi connectivity index (χ1n) is 10.4. The van der Waals surface area contributed by atoms with Crippen molar-refractivity contribution >= 4 is 5.78 Å². The molecule has 4 aliphatic rings. The zero-order chi connectivity index (χ0) is 18.0. The Balaban J connectivity index is 1.69. The minimum absolute atomic E-state index is 0.0510. The summed E-state index contributed by atoms with van der Waals surface area (Å²) < 4.78 is 0. The monoisotopic (exact) mass is 342 g/mol. The van der Waals surface area contributed by atoms with E-state index in [1.165, 1.54) is 12.8 Å². The molecule has 2 nitrogen and oxygen atoms in total. The number of ketones is 1. The summed E-state index contributed by atoms with van der Waals surface area (Å²) in [5.41, 5.74) is -0.514. The van der Waals surface area contributed by atoms with Gasteiger partial charge in [-0.2, -0.15) is 0 Å². The second kappa shape index (κ2) is 5.59. The largest absolute Gasteiger partial charge is 0.377 e. The summed E-state index contributed by atoms with van der Waals surface area (Å²) in [7, 11) is 0. The molecule has 8 atom stereocenters. The van der Waals surface area contributed by atoms with E-state index in [2.05, 4.69) is 32.6 Å². The summed E-state index contributed by atoms with van der Waals surface area (Å²) in [6.45, 7) is 9.05. The van der Waals surface area contributed by atoms with Crippen LogP contribution in [0.3, 0.4) is 0 Å². The molecule has 4 rings (SSSR count). The summed E-state index contributed by atoms with van der Waals surface area (Å²) in [6, 6.07) is 0. The lowest BCUT2D eigenvalue weighted by Gasteiger charge is -2.62. The number of rotatable bonds is 0. The lowest BCUT2D eigenvalue weighted by atomic mass is 9.42. The fraction of sp³-hybridized carbons (Fsp3) is 0.870. The van der Waals surface area contributed by atoms with Crippen molar-refractivity contribution in [2.45, 2.75) is 84.7 Å². The maximum atomic E-state index is 12.1. The Hall–Kier alpha value is -0.810. The number of hydrogen-bond acceptors (Lipinski definition) is 2. The van der Waals surface area contributed by atoms with E-state index in [0.29, 0.717) is 34.9 Å². The highest BCUT2D eigenvalue weighted by Crippen LogP contribution is 2.68. The first-order chi connectivity index (χ1) is 11.7. The molecule has 4 aliphatic carbocycles. The van der Waals surface area contributed by atoms with Crippen LogP contribution in [0.1, 0.15) is 79.1 Å². The predicted molar refractivity (Wildman–Crippen MR) is 99.7 cm³/mol. The summed E-state index contributed by atoms with van der Waals surface area (Å²) in [6.07, 6.45) is 8.19. The van der Waals surface area contributed by atoms with Gasteiger partial charge in [-0.05, 0) is 80.5 Å². The van der Waals surface area contributed by atoms with Crippen LogP contribution in [0.15, 0.2) is 0 Å². The molecule has 0 saturated heterocycles. The van der Waals surface area contributed by atoms with Crippen molar-refractivity contribution in [1.82, 2.24) is 0 Å². The van der Waals surface area contributed by atoms with Crippen LogP contribution in [0, 0.1) is 52.3 Å². The van der Waals surface area contributed by atoms with Crippen LogP contribution in [-0.4, -0.2) is 16.5 Å². The minimum atomic E-state index is -0.791. The Morgan fingerprint density at radius 3 is 2.52 bits per heavy atom. The van der Waals surface area contributed by atoms with Crippen molar-refractivity contribution < 1.29 is 9.90 Å². The van der Waals surface area contributed by atoms with Gasteiger partial charge in [0, 0.05) is 18.3 Å². The lowest BCUT2D eigenvalue weighted by Crippen LogP contribution is -2.58. The van der Waals surface area contributed by atoms with E-state index in [0.717, 1.165) is 44.4 Å². The standard InChI is InChI=1S/C23H34O2/c1-5-9-23(25)12-8-19-17-13-15(2)20-14-16(24)6-10-21(20,3)18(17)7-11-22(19,23)4/h15,17-20,25H,6-8,10-14H2,1-4H3/t15-,17+,18-,19-,20+,21+,22-,23-/m0/s1. The first kappa shape index (κ1) is 17.6. The van der Waals surface area contributed by atoms with Gasteiger partial charge in [0.2, 0.25) is 0 Å². The maximum absolute atomic E-state index is 12.1. The number of aliphatic hydroxyl groups is 1. The minimum Gasteiger partial charge on any atom is -0.377 e. The average Bonchev–Trinajstić information content (AvgIpc) is 2.82. The molecule has 0 aromatic carbocycles. The summed E-state index contributed by atoms with van der Waals surface area (Å²) in [5, 5.41) is 11.3. The van der Waals surface area contributed by atoms with Crippen LogP contribution < -0.4 is 0 Å². The van der Waals surface area contributed by atoms with Crippen molar-refractivity contribution in [3.05, 3.63) is 0 Å². The van der Waals surface area contributed by atoms with E-state index in [9.17, 15) is 9.90 Å². The van der Waals surface area contributed by atoms with Crippen molar-refractivity contribution in [3.8, 4) is 11.8 Å². The van der Waals surface area contributed by atoms with Crippen molar-refractivity contribution in [2.75, 3.05) is 0 Å². The third-order valence-corrected chi connectivity index (χ3v) is 9.34. The van der Waals surface area contributed by atoms with Crippen LogP contribution in [0.4, 0.5) is 0 Å². The summed E-state index contributed by atoms with van der Waals surface area (Å²) >= 11 is 0. The SMILES string of the molecule is CC#C[C@]1(O)CC[C@H]2[C@@H]3C[C@H](C)[C@H]4CC(=O)CC[C@]4(C)[C@H]3CC[C@@]21C. The number of carbonyl (C=O) groups is 1. The number of Topliss-reactive ketones (excluding diaryl/α,β-unsaturated/α-hetero) is 1. The second-order valence-corrected chi connectivity index (χ2v) is 10.2. The third-order valence-electron chi connectivity index (χ3n) is 9.34. The first-order valence-corrected chi connectivity index (χ1v) is 10.4. The van der Waals surface area contributed by atoms with E-state index in [-0.39, 0.29) is 5.41 Å². The molecule has 1 N–H and O–H groups in total. The number of carbonyl (C=O) groups excluding carboxylic acids is 1. The molecule has 0 radical (unpaired) electrons. The Morgan fingerprint density at radius 1 is 1.08 bits per heavy atom. The molecule has 0 spiro atoms. The highest BCUT2D eigenvalue weighted by atomic mass is 16.3. The van der Waals surface area contributed by atoms with Gasteiger partial charge in [0.05, 0.1) is 0 Å². The Labute approximate surface area is 153 Å². The molecule has 0 aromatic rings. The lowest BCUT2D eigenvalue weighted by molar-refractivity contribution is -0.158. The van der Waals surface area contributed by atoms with Crippen molar-refractivity contribution in [1.29, 1.82) is 0 Å². The second-order valence-electron chi connectivity index (χ2n) is 10.2. The zero-order valence-corrected chi connectivity index (χ0v) is 16.4. The molecule has 0 unspecified atom stereocenters. The van der Waals surface area contributed by atoms with Gasteiger partial charge in [-0.15, -0.1) is 5.92 Å². The summed E-state index contributed by atoms with van der Waals surface area (Å²) in [4.78, 5) is 12.1. The fourth-order valence-corrected chi connectivity index (χ4v) is 7.94. The van der Waals surface area contributed by atoms with Gasteiger partial charge in [-0.3, -0.25) is 4.79 Å². The van der Waals surface area contributed by atoms with Crippen LogP contribution in [-0.2, 0) is 4.79 Å². The molecule has 0 aromatic heterocycles. The molecule has 4 saturated carbocycles. The van der Waals surface area contributed by atoms with Crippen molar-refractivity contribution in [3.63, 3.8) is 0 Å². The van der Waals surface area contributed by atoms with Crippen LogP contribution in [0.2, 0.25) is 0 Å². The quantitative estimate of drug-likeness (QED) is 0.653. The van der Waals surface area contributed by atoms with E-state index in [1.807, 2.05) is 6.92 Å². The Kier molecular flexibility index (Phi) is 3.94. The highest BCUT2D eigenvalue weighted by Gasteiger charge is 2.65. The zero-order valence-electron chi connectivity index (χ0n) is 16.4. The molecular formula is C23H34O2. The smallest absolute Gasteiger partial charge is 0.133 e. The van der Waals surface area contributed by atoms with Gasteiger partial charge in [0.1, 0.15) is 11.4 Å². The van der Waals surface area contributed by atoms with E-state index in [4.69, 9.17) is 0 Å². The van der Waals surface area contributed by atoms with E-state index in [1.54, 1.807) is 0 Å². The fourth-order valence-electron chi connectivity index (χ4n) is 7.94. The van der Waals surface area contributed by atoms with E-state index >= 15 is 0 Å². The molecule has 0 aliphatic heterocycles. The Bertz CT molecular complexity index is 642.